The SMILES string of the molecule is CC(=O)NC1CN=C(N)CC1C. The van der Waals surface area contributed by atoms with Gasteiger partial charge in [-0.15, -0.1) is 0 Å². The summed E-state index contributed by atoms with van der Waals surface area (Å²) in [5.41, 5.74) is 5.56. The summed E-state index contributed by atoms with van der Waals surface area (Å²) < 4.78 is 0. The summed E-state index contributed by atoms with van der Waals surface area (Å²) in [6.07, 6.45) is 0.783. The molecular formula is C8H15N3O. The van der Waals surface area contributed by atoms with Crippen molar-refractivity contribution in [2.24, 2.45) is 16.6 Å². The van der Waals surface area contributed by atoms with Crippen molar-refractivity contribution < 1.29 is 4.79 Å². The molecular weight excluding hydrogens is 154 g/mol. The van der Waals surface area contributed by atoms with Crippen molar-refractivity contribution in [3.05, 3.63) is 0 Å². The van der Waals surface area contributed by atoms with Gasteiger partial charge in [0.05, 0.1) is 18.4 Å². The number of amides is 1. The van der Waals surface area contributed by atoms with Crippen LogP contribution >= 0.6 is 0 Å². The van der Waals surface area contributed by atoms with Gasteiger partial charge in [0.1, 0.15) is 0 Å². The van der Waals surface area contributed by atoms with Gasteiger partial charge in [0, 0.05) is 13.3 Å². The lowest BCUT2D eigenvalue weighted by Gasteiger charge is -2.26. The number of nitrogens with one attached hydrogen (secondary N) is 1. The summed E-state index contributed by atoms with van der Waals surface area (Å²) in [5.74, 6) is 1.10. The Bertz CT molecular complexity index is 212. The number of rotatable bonds is 1. The third kappa shape index (κ3) is 2.22. The number of carbonyl (C=O) groups excluding carboxylic acids is 1. The molecule has 0 aromatic rings. The van der Waals surface area contributed by atoms with Crippen LogP contribution in [0.4, 0.5) is 0 Å². The molecule has 0 saturated carbocycles. The summed E-state index contributed by atoms with van der Waals surface area (Å²) in [7, 11) is 0. The molecule has 1 rings (SSSR count). The predicted molar refractivity (Wildman–Crippen MR) is 47.9 cm³/mol. The Balaban J connectivity index is 2.51. The van der Waals surface area contributed by atoms with Crippen LogP contribution in [0.15, 0.2) is 4.99 Å². The Hall–Kier alpha value is -1.06. The summed E-state index contributed by atoms with van der Waals surface area (Å²) in [4.78, 5) is 14.8. The number of hydrogen-bond acceptors (Lipinski definition) is 3. The zero-order chi connectivity index (χ0) is 9.14. The molecule has 0 radical (unpaired) electrons. The molecule has 0 spiro atoms. The average molecular weight is 169 g/mol. The monoisotopic (exact) mass is 169 g/mol. The first-order valence-corrected chi connectivity index (χ1v) is 4.15. The largest absolute Gasteiger partial charge is 0.387 e. The van der Waals surface area contributed by atoms with Crippen molar-refractivity contribution in [1.82, 2.24) is 5.32 Å². The lowest BCUT2D eigenvalue weighted by atomic mass is 9.95. The average Bonchev–Trinajstić information content (AvgIpc) is 1.94. The summed E-state index contributed by atoms with van der Waals surface area (Å²) >= 11 is 0. The van der Waals surface area contributed by atoms with E-state index in [-0.39, 0.29) is 11.9 Å². The van der Waals surface area contributed by atoms with E-state index in [0.29, 0.717) is 18.3 Å². The Labute approximate surface area is 72.2 Å². The lowest BCUT2D eigenvalue weighted by molar-refractivity contribution is -0.119. The second kappa shape index (κ2) is 3.56. The van der Waals surface area contributed by atoms with Crippen LogP contribution in [0, 0.1) is 5.92 Å². The highest BCUT2D eigenvalue weighted by molar-refractivity contribution is 5.81. The van der Waals surface area contributed by atoms with Gasteiger partial charge in [-0.05, 0) is 5.92 Å². The normalized spacial score (nSPS) is 29.3. The molecule has 1 heterocycles. The van der Waals surface area contributed by atoms with Crippen LogP contribution in [-0.4, -0.2) is 24.3 Å². The fourth-order valence-corrected chi connectivity index (χ4v) is 1.38. The van der Waals surface area contributed by atoms with Crippen LogP contribution < -0.4 is 11.1 Å². The van der Waals surface area contributed by atoms with Crippen LogP contribution in [-0.2, 0) is 4.79 Å². The van der Waals surface area contributed by atoms with Crippen molar-refractivity contribution in [3.8, 4) is 0 Å². The van der Waals surface area contributed by atoms with Crippen molar-refractivity contribution in [1.29, 1.82) is 0 Å². The topological polar surface area (TPSA) is 67.5 Å². The molecule has 0 aliphatic carbocycles. The van der Waals surface area contributed by atoms with Crippen LogP contribution in [0.5, 0.6) is 0 Å². The van der Waals surface area contributed by atoms with Crippen molar-refractivity contribution in [2.75, 3.05) is 6.54 Å². The number of nitrogens with zero attached hydrogens (tertiary/aromatic N) is 1. The Morgan fingerprint density at radius 1 is 1.75 bits per heavy atom. The third-order valence-electron chi connectivity index (χ3n) is 2.10. The van der Waals surface area contributed by atoms with Gasteiger partial charge in [-0.2, -0.15) is 0 Å². The second-order valence-electron chi connectivity index (χ2n) is 3.32. The molecule has 2 unspecified atom stereocenters. The van der Waals surface area contributed by atoms with Gasteiger partial charge in [0.15, 0.2) is 0 Å². The Kier molecular flexibility index (Phi) is 2.68. The highest BCUT2D eigenvalue weighted by Gasteiger charge is 2.22. The molecule has 0 bridgehead atoms. The number of hydrogen-bond donors (Lipinski definition) is 2. The van der Waals surface area contributed by atoms with Gasteiger partial charge in [0.25, 0.3) is 0 Å². The number of aliphatic imine (C=N–C) groups is 1. The molecule has 1 aliphatic heterocycles. The van der Waals surface area contributed by atoms with E-state index in [1.807, 2.05) is 0 Å². The standard InChI is InChI=1S/C8H15N3O/c1-5-3-8(9)10-4-7(5)11-6(2)12/h5,7H,3-4H2,1-2H3,(H2,9,10)(H,11,12). The Morgan fingerprint density at radius 3 is 2.92 bits per heavy atom. The Morgan fingerprint density at radius 2 is 2.42 bits per heavy atom. The lowest BCUT2D eigenvalue weighted by Crippen LogP contribution is -2.44. The molecule has 3 N–H and O–H groups in total. The maximum atomic E-state index is 10.7. The maximum absolute atomic E-state index is 10.7. The van der Waals surface area contributed by atoms with E-state index in [4.69, 9.17) is 5.73 Å². The first-order valence-electron chi connectivity index (χ1n) is 4.15. The second-order valence-corrected chi connectivity index (χ2v) is 3.32. The first kappa shape index (κ1) is 9.03. The van der Waals surface area contributed by atoms with E-state index in [2.05, 4.69) is 17.2 Å². The fourth-order valence-electron chi connectivity index (χ4n) is 1.38. The minimum atomic E-state index is 0.00233. The fraction of sp³-hybridized carbons (Fsp3) is 0.750. The van der Waals surface area contributed by atoms with Crippen molar-refractivity contribution >= 4 is 11.7 Å². The van der Waals surface area contributed by atoms with Crippen LogP contribution in [0.1, 0.15) is 20.3 Å². The number of amidine groups is 1. The first-order chi connectivity index (χ1) is 5.59. The summed E-state index contributed by atoms with van der Waals surface area (Å²) in [6, 6.07) is 0.162. The maximum Gasteiger partial charge on any atom is 0.217 e. The van der Waals surface area contributed by atoms with Gasteiger partial charge in [0.2, 0.25) is 5.91 Å². The molecule has 2 atom stereocenters. The minimum absolute atomic E-state index is 0.00233. The minimum Gasteiger partial charge on any atom is -0.387 e. The third-order valence-corrected chi connectivity index (χ3v) is 2.10. The highest BCUT2D eigenvalue weighted by Crippen LogP contribution is 2.13. The highest BCUT2D eigenvalue weighted by atomic mass is 16.1. The van der Waals surface area contributed by atoms with E-state index < -0.39 is 0 Å². The molecule has 0 aromatic carbocycles. The van der Waals surface area contributed by atoms with Gasteiger partial charge in [-0.1, -0.05) is 6.92 Å². The zero-order valence-corrected chi connectivity index (χ0v) is 7.50. The smallest absolute Gasteiger partial charge is 0.217 e. The summed E-state index contributed by atoms with van der Waals surface area (Å²) in [6.45, 7) is 4.21. The zero-order valence-electron chi connectivity index (χ0n) is 7.50. The van der Waals surface area contributed by atoms with E-state index in [0.717, 1.165) is 6.42 Å². The molecule has 0 saturated heterocycles. The van der Waals surface area contributed by atoms with E-state index in [1.54, 1.807) is 0 Å². The molecule has 12 heavy (non-hydrogen) atoms. The van der Waals surface area contributed by atoms with Gasteiger partial charge >= 0.3 is 0 Å². The van der Waals surface area contributed by atoms with Gasteiger partial charge in [-0.3, -0.25) is 9.79 Å². The van der Waals surface area contributed by atoms with Gasteiger partial charge < -0.3 is 11.1 Å². The van der Waals surface area contributed by atoms with Crippen LogP contribution in [0.25, 0.3) is 0 Å². The number of nitrogens with two attached hydrogens (primary N) is 1. The number of carbonyl (C=O) groups is 1. The van der Waals surface area contributed by atoms with E-state index in [1.165, 1.54) is 6.92 Å². The molecule has 0 aromatic heterocycles. The quantitative estimate of drug-likeness (QED) is 0.575. The molecule has 68 valence electrons. The predicted octanol–water partition coefficient (Wildman–Crippen LogP) is -0.112. The van der Waals surface area contributed by atoms with Gasteiger partial charge in [-0.25, -0.2) is 0 Å². The molecule has 1 aliphatic rings. The molecule has 4 heteroatoms. The van der Waals surface area contributed by atoms with E-state index >= 15 is 0 Å². The molecule has 4 nitrogen and oxygen atoms in total. The van der Waals surface area contributed by atoms with Crippen molar-refractivity contribution in [3.63, 3.8) is 0 Å². The summed E-state index contributed by atoms with van der Waals surface area (Å²) in [5, 5.41) is 2.85. The molecule has 1 amide bonds. The van der Waals surface area contributed by atoms with Crippen molar-refractivity contribution in [2.45, 2.75) is 26.3 Å². The van der Waals surface area contributed by atoms with E-state index in [9.17, 15) is 4.79 Å². The van der Waals surface area contributed by atoms with Crippen LogP contribution in [0.2, 0.25) is 0 Å². The molecule has 0 fully saturated rings. The van der Waals surface area contributed by atoms with Crippen LogP contribution in [0.3, 0.4) is 0 Å².